The van der Waals surface area contributed by atoms with Crippen molar-refractivity contribution >= 4 is 23.2 Å². The first-order valence-electron chi connectivity index (χ1n) is 4.04. The SMILES string of the molecule is CNC(=O)c1c(C)sc(C)c1C(=O)O. The van der Waals surface area contributed by atoms with E-state index in [-0.39, 0.29) is 17.0 Å². The van der Waals surface area contributed by atoms with E-state index in [1.54, 1.807) is 13.8 Å². The molecule has 0 aliphatic rings. The van der Waals surface area contributed by atoms with Crippen LogP contribution in [0.2, 0.25) is 0 Å². The summed E-state index contributed by atoms with van der Waals surface area (Å²) < 4.78 is 0. The molecule has 1 rings (SSSR count). The molecule has 2 N–H and O–H groups in total. The van der Waals surface area contributed by atoms with E-state index in [1.165, 1.54) is 18.4 Å². The van der Waals surface area contributed by atoms with Crippen molar-refractivity contribution in [2.24, 2.45) is 0 Å². The molecule has 0 saturated carbocycles. The Morgan fingerprint density at radius 2 is 1.71 bits per heavy atom. The smallest absolute Gasteiger partial charge is 0.337 e. The van der Waals surface area contributed by atoms with Gasteiger partial charge >= 0.3 is 5.97 Å². The zero-order valence-corrected chi connectivity index (χ0v) is 8.99. The van der Waals surface area contributed by atoms with Crippen LogP contribution in [0.1, 0.15) is 30.5 Å². The van der Waals surface area contributed by atoms with Gasteiger partial charge in [-0.15, -0.1) is 11.3 Å². The molecule has 1 aromatic rings. The maximum Gasteiger partial charge on any atom is 0.337 e. The molecule has 0 fully saturated rings. The third-order valence-corrected chi connectivity index (χ3v) is 2.95. The average molecular weight is 213 g/mol. The molecule has 0 atom stereocenters. The molecule has 4 nitrogen and oxygen atoms in total. The molecule has 1 amide bonds. The largest absolute Gasteiger partial charge is 0.478 e. The van der Waals surface area contributed by atoms with E-state index in [2.05, 4.69) is 5.32 Å². The van der Waals surface area contributed by atoms with Crippen molar-refractivity contribution in [3.05, 3.63) is 20.9 Å². The van der Waals surface area contributed by atoms with E-state index in [0.717, 1.165) is 4.88 Å². The van der Waals surface area contributed by atoms with Crippen LogP contribution in [0.15, 0.2) is 0 Å². The molecule has 76 valence electrons. The lowest BCUT2D eigenvalue weighted by atomic mass is 10.1. The van der Waals surface area contributed by atoms with Crippen LogP contribution in [-0.4, -0.2) is 24.0 Å². The molecule has 1 aromatic heterocycles. The quantitative estimate of drug-likeness (QED) is 0.780. The summed E-state index contributed by atoms with van der Waals surface area (Å²) in [6.07, 6.45) is 0. The Labute approximate surface area is 85.6 Å². The molecule has 0 saturated heterocycles. The van der Waals surface area contributed by atoms with Gasteiger partial charge in [-0.25, -0.2) is 4.79 Å². The molecule has 0 unspecified atom stereocenters. The highest BCUT2D eigenvalue weighted by Crippen LogP contribution is 2.27. The van der Waals surface area contributed by atoms with Crippen molar-refractivity contribution in [2.75, 3.05) is 7.05 Å². The van der Waals surface area contributed by atoms with Crippen LogP contribution in [0.5, 0.6) is 0 Å². The molecule has 0 spiro atoms. The third kappa shape index (κ3) is 1.63. The molecule has 0 aromatic carbocycles. The van der Waals surface area contributed by atoms with Crippen molar-refractivity contribution in [1.29, 1.82) is 0 Å². The van der Waals surface area contributed by atoms with Gasteiger partial charge in [0.1, 0.15) is 0 Å². The fourth-order valence-electron chi connectivity index (χ4n) is 1.34. The molecule has 0 aliphatic heterocycles. The van der Waals surface area contributed by atoms with Crippen LogP contribution in [0.3, 0.4) is 0 Å². The Kier molecular flexibility index (Phi) is 2.90. The predicted octanol–water partition coefficient (Wildman–Crippen LogP) is 1.42. The van der Waals surface area contributed by atoms with Gasteiger partial charge in [-0.3, -0.25) is 4.79 Å². The van der Waals surface area contributed by atoms with E-state index in [0.29, 0.717) is 4.88 Å². The number of rotatable bonds is 2. The van der Waals surface area contributed by atoms with Crippen molar-refractivity contribution < 1.29 is 14.7 Å². The minimum Gasteiger partial charge on any atom is -0.478 e. The van der Waals surface area contributed by atoms with E-state index in [4.69, 9.17) is 5.11 Å². The number of carbonyl (C=O) groups is 2. The summed E-state index contributed by atoms with van der Waals surface area (Å²) in [5.41, 5.74) is 0.398. The summed E-state index contributed by atoms with van der Waals surface area (Å²) in [7, 11) is 1.49. The minimum atomic E-state index is -1.05. The predicted molar refractivity (Wildman–Crippen MR) is 54.1 cm³/mol. The number of aromatic carboxylic acids is 1. The van der Waals surface area contributed by atoms with Gasteiger partial charge in [0, 0.05) is 16.8 Å². The summed E-state index contributed by atoms with van der Waals surface area (Å²) in [6.45, 7) is 3.45. The van der Waals surface area contributed by atoms with Gasteiger partial charge in [0.05, 0.1) is 11.1 Å². The Morgan fingerprint density at radius 3 is 2.14 bits per heavy atom. The maximum atomic E-state index is 11.4. The van der Waals surface area contributed by atoms with Gasteiger partial charge in [0.25, 0.3) is 5.91 Å². The Bertz CT molecular complexity index is 395. The lowest BCUT2D eigenvalue weighted by Gasteiger charge is -2.00. The molecule has 5 heteroatoms. The number of carboxylic acid groups (broad SMARTS) is 1. The highest BCUT2D eigenvalue weighted by atomic mass is 32.1. The van der Waals surface area contributed by atoms with Crippen molar-refractivity contribution in [2.45, 2.75) is 13.8 Å². The molecule has 0 aliphatic carbocycles. The number of nitrogens with one attached hydrogen (secondary N) is 1. The number of carboxylic acids is 1. The minimum absolute atomic E-state index is 0.117. The summed E-state index contributed by atoms with van der Waals surface area (Å²) in [6, 6.07) is 0. The summed E-state index contributed by atoms with van der Waals surface area (Å²) >= 11 is 1.33. The second kappa shape index (κ2) is 3.79. The van der Waals surface area contributed by atoms with Crippen LogP contribution in [-0.2, 0) is 0 Å². The standard InChI is InChI=1S/C9H11NO3S/c1-4-6(8(11)10-3)7(9(12)13)5(2)14-4/h1-3H3,(H,10,11)(H,12,13). The first-order chi connectivity index (χ1) is 6.49. The monoisotopic (exact) mass is 213 g/mol. The van der Waals surface area contributed by atoms with E-state index in [9.17, 15) is 9.59 Å². The fourth-order valence-corrected chi connectivity index (χ4v) is 2.39. The molecule has 1 heterocycles. The summed E-state index contributed by atoms with van der Waals surface area (Å²) in [4.78, 5) is 23.7. The Hall–Kier alpha value is -1.36. The molecule has 0 radical (unpaired) electrons. The summed E-state index contributed by atoms with van der Waals surface area (Å²) in [5.74, 6) is -1.39. The number of amides is 1. The van der Waals surface area contributed by atoms with Crippen LogP contribution in [0.25, 0.3) is 0 Å². The van der Waals surface area contributed by atoms with Crippen molar-refractivity contribution in [1.82, 2.24) is 5.32 Å². The van der Waals surface area contributed by atoms with Gasteiger partial charge in [-0.05, 0) is 13.8 Å². The van der Waals surface area contributed by atoms with Crippen molar-refractivity contribution in [3.63, 3.8) is 0 Å². The Balaban J connectivity index is 3.39. The highest BCUT2D eigenvalue weighted by Gasteiger charge is 2.23. The highest BCUT2D eigenvalue weighted by molar-refractivity contribution is 7.12. The fraction of sp³-hybridized carbons (Fsp3) is 0.333. The number of hydrogen-bond acceptors (Lipinski definition) is 3. The second-order valence-electron chi connectivity index (χ2n) is 2.85. The van der Waals surface area contributed by atoms with Crippen LogP contribution in [0, 0.1) is 13.8 Å². The van der Waals surface area contributed by atoms with E-state index < -0.39 is 5.97 Å². The van der Waals surface area contributed by atoms with Gasteiger partial charge in [-0.1, -0.05) is 0 Å². The molecular weight excluding hydrogens is 202 g/mol. The van der Waals surface area contributed by atoms with Crippen LogP contribution in [0.4, 0.5) is 0 Å². The third-order valence-electron chi connectivity index (χ3n) is 1.93. The van der Waals surface area contributed by atoms with Crippen LogP contribution >= 0.6 is 11.3 Å². The zero-order chi connectivity index (χ0) is 10.9. The maximum absolute atomic E-state index is 11.4. The zero-order valence-electron chi connectivity index (χ0n) is 8.17. The topological polar surface area (TPSA) is 66.4 Å². The lowest BCUT2D eigenvalue weighted by molar-refractivity contribution is 0.0691. The van der Waals surface area contributed by atoms with Gasteiger partial charge < -0.3 is 10.4 Å². The van der Waals surface area contributed by atoms with Crippen molar-refractivity contribution in [3.8, 4) is 0 Å². The molecule has 14 heavy (non-hydrogen) atoms. The van der Waals surface area contributed by atoms with Crippen LogP contribution < -0.4 is 5.32 Å². The first kappa shape index (κ1) is 10.7. The molecule has 0 bridgehead atoms. The number of thiophene rings is 1. The number of aryl methyl sites for hydroxylation is 2. The number of hydrogen-bond donors (Lipinski definition) is 2. The Morgan fingerprint density at radius 1 is 1.21 bits per heavy atom. The van der Waals surface area contributed by atoms with E-state index >= 15 is 0 Å². The van der Waals surface area contributed by atoms with Gasteiger partial charge in [0.15, 0.2) is 0 Å². The molecular formula is C9H11NO3S. The number of carbonyl (C=O) groups excluding carboxylic acids is 1. The normalized spacial score (nSPS) is 9.93. The first-order valence-corrected chi connectivity index (χ1v) is 4.86. The van der Waals surface area contributed by atoms with Gasteiger partial charge in [0.2, 0.25) is 0 Å². The lowest BCUT2D eigenvalue weighted by Crippen LogP contribution is -2.21. The average Bonchev–Trinajstić information content (AvgIpc) is 2.39. The van der Waals surface area contributed by atoms with E-state index in [1.807, 2.05) is 0 Å². The second-order valence-corrected chi connectivity index (χ2v) is 4.28. The van der Waals surface area contributed by atoms with Gasteiger partial charge in [-0.2, -0.15) is 0 Å². The summed E-state index contributed by atoms with van der Waals surface area (Å²) in [5, 5.41) is 11.4.